The number of nitrogens with two attached hydrogens (primary N) is 1. The molecule has 3 aromatic rings. The van der Waals surface area contributed by atoms with Gasteiger partial charge in [0.15, 0.2) is 11.5 Å². The van der Waals surface area contributed by atoms with Crippen molar-refractivity contribution in [3.63, 3.8) is 0 Å². The molecule has 0 amide bonds. The minimum Gasteiger partial charge on any atom is -0.493 e. The number of sulfonamides is 1. The fourth-order valence-corrected chi connectivity index (χ4v) is 3.56. The predicted octanol–water partition coefficient (Wildman–Crippen LogP) is 2.69. The number of ether oxygens (including phenoxy) is 2. The van der Waals surface area contributed by atoms with Gasteiger partial charge in [0.25, 0.3) is 5.89 Å². The summed E-state index contributed by atoms with van der Waals surface area (Å²) in [6.45, 7) is 3.49. The molecule has 0 fully saturated rings. The molecule has 27 heavy (non-hydrogen) atoms. The molecule has 8 nitrogen and oxygen atoms in total. The van der Waals surface area contributed by atoms with Gasteiger partial charge in [0.1, 0.15) is 0 Å². The largest absolute Gasteiger partial charge is 0.493 e. The Balaban J connectivity index is 2.06. The molecule has 0 aliphatic rings. The number of primary sulfonamides is 1. The monoisotopic (exact) mass is 389 g/mol. The van der Waals surface area contributed by atoms with Crippen LogP contribution in [0.25, 0.3) is 22.8 Å². The van der Waals surface area contributed by atoms with Crippen molar-refractivity contribution in [2.75, 3.05) is 14.2 Å². The smallest absolute Gasteiger partial charge is 0.258 e. The molecular formula is C18H19N3O5S. The third-order valence-corrected chi connectivity index (χ3v) is 5.28. The van der Waals surface area contributed by atoms with Gasteiger partial charge in [-0.1, -0.05) is 5.16 Å². The SMILES string of the molecule is COc1ccc(-c2noc(-c3cc(C)c(C)c(S(N)(=O)=O)c3)n2)cc1OC. The summed E-state index contributed by atoms with van der Waals surface area (Å²) >= 11 is 0. The molecule has 0 bridgehead atoms. The van der Waals surface area contributed by atoms with E-state index in [0.717, 1.165) is 5.56 Å². The molecule has 1 heterocycles. The molecule has 9 heteroatoms. The van der Waals surface area contributed by atoms with Gasteiger partial charge in [-0.15, -0.1) is 0 Å². The third-order valence-electron chi connectivity index (χ3n) is 4.24. The van der Waals surface area contributed by atoms with Crippen LogP contribution in [-0.4, -0.2) is 32.8 Å². The minimum absolute atomic E-state index is 0.0309. The van der Waals surface area contributed by atoms with Crippen LogP contribution in [0.4, 0.5) is 0 Å². The van der Waals surface area contributed by atoms with E-state index in [9.17, 15) is 8.42 Å². The van der Waals surface area contributed by atoms with Crippen molar-refractivity contribution in [1.82, 2.24) is 10.1 Å². The second-order valence-corrected chi connectivity index (χ2v) is 7.48. The van der Waals surface area contributed by atoms with Crippen molar-refractivity contribution in [3.8, 4) is 34.3 Å². The molecule has 0 saturated heterocycles. The summed E-state index contributed by atoms with van der Waals surface area (Å²) in [4.78, 5) is 4.40. The van der Waals surface area contributed by atoms with E-state index in [2.05, 4.69) is 10.1 Å². The molecule has 0 saturated carbocycles. The second-order valence-electron chi connectivity index (χ2n) is 5.95. The summed E-state index contributed by atoms with van der Waals surface area (Å²) < 4.78 is 39.5. The maximum atomic E-state index is 11.8. The van der Waals surface area contributed by atoms with Crippen molar-refractivity contribution in [2.24, 2.45) is 5.14 Å². The van der Waals surface area contributed by atoms with E-state index in [1.165, 1.54) is 13.2 Å². The maximum Gasteiger partial charge on any atom is 0.258 e. The van der Waals surface area contributed by atoms with Crippen LogP contribution in [-0.2, 0) is 10.0 Å². The maximum absolute atomic E-state index is 11.8. The summed E-state index contributed by atoms with van der Waals surface area (Å²) in [7, 11) is -0.786. The Morgan fingerprint density at radius 2 is 1.70 bits per heavy atom. The van der Waals surface area contributed by atoms with Crippen LogP contribution >= 0.6 is 0 Å². The van der Waals surface area contributed by atoms with Crippen LogP contribution < -0.4 is 14.6 Å². The second kappa shape index (κ2) is 7.01. The zero-order valence-electron chi connectivity index (χ0n) is 15.3. The van der Waals surface area contributed by atoms with E-state index in [0.29, 0.717) is 34.0 Å². The number of hydrogen-bond acceptors (Lipinski definition) is 7. The number of benzene rings is 2. The normalized spacial score (nSPS) is 11.4. The summed E-state index contributed by atoms with van der Waals surface area (Å²) in [5.41, 5.74) is 2.47. The van der Waals surface area contributed by atoms with Crippen molar-refractivity contribution >= 4 is 10.0 Å². The first-order chi connectivity index (χ1) is 12.7. The lowest BCUT2D eigenvalue weighted by atomic mass is 10.1. The predicted molar refractivity (Wildman–Crippen MR) is 99.1 cm³/mol. The van der Waals surface area contributed by atoms with Gasteiger partial charge in [0, 0.05) is 11.1 Å². The van der Waals surface area contributed by atoms with E-state index < -0.39 is 10.0 Å². The molecule has 0 atom stereocenters. The number of aromatic nitrogens is 2. The van der Waals surface area contributed by atoms with Gasteiger partial charge in [0.2, 0.25) is 15.8 Å². The zero-order valence-corrected chi connectivity index (χ0v) is 16.1. The van der Waals surface area contributed by atoms with Gasteiger partial charge in [0.05, 0.1) is 19.1 Å². The highest BCUT2D eigenvalue weighted by atomic mass is 32.2. The topological polar surface area (TPSA) is 118 Å². The highest BCUT2D eigenvalue weighted by Crippen LogP contribution is 2.32. The molecule has 2 N–H and O–H groups in total. The summed E-state index contributed by atoms with van der Waals surface area (Å²) in [6, 6.07) is 8.44. The summed E-state index contributed by atoms with van der Waals surface area (Å²) in [5, 5.41) is 9.28. The number of nitrogens with zero attached hydrogens (tertiary/aromatic N) is 2. The lowest BCUT2D eigenvalue weighted by molar-refractivity contribution is 0.355. The first-order valence-corrected chi connectivity index (χ1v) is 9.49. The van der Waals surface area contributed by atoms with Crippen LogP contribution in [0.2, 0.25) is 0 Å². The molecule has 1 aromatic heterocycles. The average molecular weight is 389 g/mol. The molecule has 0 aliphatic carbocycles. The highest BCUT2D eigenvalue weighted by molar-refractivity contribution is 7.89. The molecule has 0 spiro atoms. The molecule has 0 unspecified atom stereocenters. The van der Waals surface area contributed by atoms with Crippen molar-refractivity contribution < 1.29 is 22.4 Å². The van der Waals surface area contributed by atoms with Crippen LogP contribution in [0.1, 0.15) is 11.1 Å². The fraction of sp³-hybridized carbons (Fsp3) is 0.222. The Morgan fingerprint density at radius 3 is 2.33 bits per heavy atom. The Hall–Kier alpha value is -2.91. The fourth-order valence-electron chi connectivity index (χ4n) is 2.68. The van der Waals surface area contributed by atoms with Crippen molar-refractivity contribution in [3.05, 3.63) is 41.5 Å². The Bertz CT molecular complexity index is 1110. The van der Waals surface area contributed by atoms with E-state index in [1.54, 1.807) is 45.2 Å². The van der Waals surface area contributed by atoms with Crippen molar-refractivity contribution in [1.29, 1.82) is 0 Å². The van der Waals surface area contributed by atoms with Gasteiger partial charge in [-0.25, -0.2) is 13.6 Å². The zero-order chi connectivity index (χ0) is 19.8. The minimum atomic E-state index is -3.87. The standard InChI is InChI=1S/C18H19N3O5S/c1-10-7-13(9-16(11(10)2)27(19,22)23)18-20-17(21-26-18)12-5-6-14(24-3)15(8-12)25-4/h5-9H,1-4H3,(H2,19,22,23). The van der Waals surface area contributed by atoms with Crippen LogP contribution in [0.15, 0.2) is 39.8 Å². The first-order valence-electron chi connectivity index (χ1n) is 7.95. The van der Waals surface area contributed by atoms with Gasteiger partial charge in [-0.3, -0.25) is 0 Å². The number of hydrogen-bond donors (Lipinski definition) is 1. The first kappa shape index (κ1) is 18.9. The quantitative estimate of drug-likeness (QED) is 0.713. The van der Waals surface area contributed by atoms with Gasteiger partial charge in [-0.2, -0.15) is 4.98 Å². The van der Waals surface area contributed by atoms with E-state index in [-0.39, 0.29) is 10.8 Å². The van der Waals surface area contributed by atoms with E-state index >= 15 is 0 Å². The van der Waals surface area contributed by atoms with Crippen LogP contribution in [0.5, 0.6) is 11.5 Å². The van der Waals surface area contributed by atoms with Gasteiger partial charge < -0.3 is 14.0 Å². The lowest BCUT2D eigenvalue weighted by Crippen LogP contribution is -2.14. The van der Waals surface area contributed by atoms with Gasteiger partial charge in [-0.05, 0) is 55.3 Å². The lowest BCUT2D eigenvalue weighted by Gasteiger charge is -2.08. The number of rotatable bonds is 5. The molecule has 3 rings (SSSR count). The molecular weight excluding hydrogens is 370 g/mol. The molecule has 0 aliphatic heterocycles. The Morgan fingerprint density at radius 1 is 1.00 bits per heavy atom. The highest BCUT2D eigenvalue weighted by Gasteiger charge is 2.19. The number of aryl methyl sites for hydroxylation is 1. The number of methoxy groups -OCH3 is 2. The van der Waals surface area contributed by atoms with Crippen LogP contribution in [0.3, 0.4) is 0 Å². The molecule has 142 valence electrons. The van der Waals surface area contributed by atoms with Crippen molar-refractivity contribution in [2.45, 2.75) is 18.7 Å². The van der Waals surface area contributed by atoms with E-state index in [1.807, 2.05) is 0 Å². The summed E-state index contributed by atoms with van der Waals surface area (Å²) in [5.74, 6) is 1.63. The average Bonchev–Trinajstić information content (AvgIpc) is 3.12. The summed E-state index contributed by atoms with van der Waals surface area (Å²) in [6.07, 6.45) is 0. The molecule has 0 radical (unpaired) electrons. The van der Waals surface area contributed by atoms with Crippen LogP contribution in [0, 0.1) is 13.8 Å². The van der Waals surface area contributed by atoms with E-state index in [4.69, 9.17) is 19.1 Å². The molecule has 2 aromatic carbocycles. The Kier molecular flexibility index (Phi) is 4.90. The third kappa shape index (κ3) is 3.64. The van der Waals surface area contributed by atoms with Gasteiger partial charge >= 0.3 is 0 Å². The Labute approximate surface area is 157 Å².